The van der Waals surface area contributed by atoms with Crippen LogP contribution < -0.4 is 5.32 Å². The first-order valence-electron chi connectivity index (χ1n) is 26.1. The molecule has 0 heterocycles. The van der Waals surface area contributed by atoms with E-state index in [0.717, 1.165) is 103 Å². The lowest BCUT2D eigenvalue weighted by molar-refractivity contribution is -0.870. The summed E-state index contributed by atoms with van der Waals surface area (Å²) in [6, 6.07) is -0.781. The van der Waals surface area contributed by atoms with Crippen molar-refractivity contribution in [3.8, 4) is 0 Å². The average molecular weight is 928 g/mol. The monoisotopic (exact) mass is 928 g/mol. The van der Waals surface area contributed by atoms with Gasteiger partial charge in [0.15, 0.2) is 0 Å². The lowest BCUT2D eigenvalue weighted by Gasteiger charge is -2.26. The van der Waals surface area contributed by atoms with Gasteiger partial charge >= 0.3 is 7.82 Å². The Morgan fingerprint density at radius 1 is 0.538 bits per heavy atom. The Morgan fingerprint density at radius 2 is 0.923 bits per heavy atom. The van der Waals surface area contributed by atoms with Crippen LogP contribution in [0.5, 0.6) is 0 Å². The number of carbonyl (C=O) groups is 1. The van der Waals surface area contributed by atoms with Gasteiger partial charge in [-0.05, 0) is 77.0 Å². The van der Waals surface area contributed by atoms with Gasteiger partial charge in [-0.3, -0.25) is 13.8 Å². The van der Waals surface area contributed by atoms with Crippen LogP contribution in [0.25, 0.3) is 0 Å². The Morgan fingerprint density at radius 3 is 1.35 bits per heavy atom. The molecule has 0 aliphatic carbocycles. The molecule has 0 aromatic carbocycles. The number of carbonyl (C=O) groups excluding carboxylic acids is 1. The van der Waals surface area contributed by atoms with Crippen molar-refractivity contribution in [3.63, 3.8) is 0 Å². The number of likely N-dealkylation sites (N-methyl/N-ethyl adjacent to an activating group) is 1. The maximum absolute atomic E-state index is 12.9. The first kappa shape index (κ1) is 62.4. The maximum Gasteiger partial charge on any atom is 0.472 e. The second-order valence-corrected chi connectivity index (χ2v) is 20.0. The molecule has 0 rings (SSSR count). The number of quaternary nitrogens is 1. The topological polar surface area (TPSA) is 105 Å². The fraction of sp³-hybridized carbons (Fsp3) is 0.696. The van der Waals surface area contributed by atoms with Crippen molar-refractivity contribution < 1.29 is 32.9 Å². The Hall–Kier alpha value is -2.58. The Bertz CT molecular complexity index is 1370. The molecule has 8 nitrogen and oxygen atoms in total. The van der Waals surface area contributed by atoms with Crippen molar-refractivity contribution in [2.45, 2.75) is 212 Å². The van der Waals surface area contributed by atoms with Crippen molar-refractivity contribution in [1.82, 2.24) is 5.32 Å². The maximum atomic E-state index is 12.9. The first-order valence-corrected chi connectivity index (χ1v) is 27.6. The highest BCUT2D eigenvalue weighted by Crippen LogP contribution is 2.43. The smallest absolute Gasteiger partial charge is 0.391 e. The zero-order valence-electron chi connectivity index (χ0n) is 42.4. The second-order valence-electron chi connectivity index (χ2n) is 18.5. The van der Waals surface area contributed by atoms with Crippen LogP contribution in [0.2, 0.25) is 0 Å². The van der Waals surface area contributed by atoms with Crippen LogP contribution in [-0.4, -0.2) is 73.4 Å². The van der Waals surface area contributed by atoms with E-state index < -0.39 is 20.0 Å². The summed E-state index contributed by atoms with van der Waals surface area (Å²) in [4.78, 5) is 23.2. The molecule has 0 bridgehead atoms. The van der Waals surface area contributed by atoms with E-state index in [1.807, 2.05) is 21.1 Å². The minimum absolute atomic E-state index is 0.0640. The number of aliphatic hydroxyl groups is 1. The number of phosphoric acid groups is 1. The Labute approximate surface area is 400 Å². The van der Waals surface area contributed by atoms with E-state index in [0.29, 0.717) is 23.9 Å². The average Bonchev–Trinajstić information content (AvgIpc) is 3.26. The molecule has 0 radical (unpaired) electrons. The molecular formula is C56H100N2O6P+. The third-order valence-corrected chi connectivity index (χ3v) is 12.1. The molecule has 0 aliphatic rings. The van der Waals surface area contributed by atoms with E-state index >= 15 is 0 Å². The molecule has 9 heteroatoms. The molecule has 0 aromatic heterocycles. The van der Waals surface area contributed by atoms with Gasteiger partial charge in [0.25, 0.3) is 0 Å². The van der Waals surface area contributed by atoms with Crippen molar-refractivity contribution in [2.75, 3.05) is 40.9 Å². The molecule has 0 aliphatic heterocycles. The van der Waals surface area contributed by atoms with Gasteiger partial charge in [-0.15, -0.1) is 0 Å². The van der Waals surface area contributed by atoms with E-state index in [2.05, 4.69) is 116 Å². The molecule has 0 spiro atoms. The van der Waals surface area contributed by atoms with Gasteiger partial charge in [-0.2, -0.15) is 0 Å². The van der Waals surface area contributed by atoms with Crippen molar-refractivity contribution >= 4 is 13.7 Å². The van der Waals surface area contributed by atoms with Gasteiger partial charge < -0.3 is 19.8 Å². The summed E-state index contributed by atoms with van der Waals surface area (Å²) in [6.07, 6.45) is 65.9. The van der Waals surface area contributed by atoms with Gasteiger partial charge in [0.1, 0.15) is 13.2 Å². The van der Waals surface area contributed by atoms with Crippen LogP contribution in [0.15, 0.2) is 97.2 Å². The second kappa shape index (κ2) is 46.5. The number of hydrogen-bond donors (Lipinski definition) is 3. The summed E-state index contributed by atoms with van der Waals surface area (Å²) < 4.78 is 23.7. The largest absolute Gasteiger partial charge is 0.472 e. The van der Waals surface area contributed by atoms with Crippen LogP contribution in [0.1, 0.15) is 200 Å². The first-order chi connectivity index (χ1) is 31.5. The zero-order chi connectivity index (χ0) is 47.8. The highest BCUT2D eigenvalue weighted by molar-refractivity contribution is 7.47. The number of unbranched alkanes of at least 4 members (excludes halogenated alkanes) is 17. The third kappa shape index (κ3) is 49.2. The summed E-state index contributed by atoms with van der Waals surface area (Å²) in [6.45, 7) is 4.74. The predicted octanol–water partition coefficient (Wildman–Crippen LogP) is 15.5. The van der Waals surface area contributed by atoms with Crippen LogP contribution in [0.4, 0.5) is 0 Å². The van der Waals surface area contributed by atoms with Crippen molar-refractivity contribution in [1.29, 1.82) is 0 Å². The minimum atomic E-state index is -4.33. The zero-order valence-corrected chi connectivity index (χ0v) is 43.3. The number of hydrogen-bond acceptors (Lipinski definition) is 5. The van der Waals surface area contributed by atoms with Crippen molar-refractivity contribution in [2.24, 2.45) is 0 Å². The number of rotatable bonds is 46. The molecule has 0 saturated heterocycles. The van der Waals surface area contributed by atoms with Crippen molar-refractivity contribution in [3.05, 3.63) is 97.2 Å². The minimum Gasteiger partial charge on any atom is -0.391 e. The van der Waals surface area contributed by atoms with E-state index in [4.69, 9.17) is 9.05 Å². The lowest BCUT2D eigenvalue weighted by Crippen LogP contribution is -2.46. The van der Waals surface area contributed by atoms with Crippen LogP contribution >= 0.6 is 7.82 Å². The molecule has 65 heavy (non-hydrogen) atoms. The standard InChI is InChI=1S/C56H99N2O6P/c1-6-8-10-12-14-16-18-20-22-23-24-25-26-27-28-29-30-31-32-33-34-35-36-38-40-42-44-46-48-50-56(60)57-54(53-64-65(61,62)63-52-51-58(3,4)5)55(59)49-47-45-43-41-39-37-21-19-17-15-13-11-9-7-2/h8,10,14,16,20,22,24-25,27-28,30-31,33-34,36,38,54-55,59H,6-7,9,11-13,15,17-19,21,23,26,29,32,35,37,39-53H2,1-5H3,(H-,57,60,61,62)/p+1/b10-8-,16-14-,22-20-,25-24-,28-27-,31-30-,34-33-,38-36-. The Kier molecular flexibility index (Phi) is 44.7. The van der Waals surface area contributed by atoms with Gasteiger partial charge in [-0.25, -0.2) is 4.57 Å². The summed E-state index contributed by atoms with van der Waals surface area (Å²) in [5, 5.41) is 14.0. The quantitative estimate of drug-likeness (QED) is 0.0243. The summed E-state index contributed by atoms with van der Waals surface area (Å²) in [7, 11) is 1.58. The van der Waals surface area contributed by atoms with E-state index in [-0.39, 0.29) is 19.1 Å². The molecule has 1 amide bonds. The molecule has 0 saturated carbocycles. The van der Waals surface area contributed by atoms with Gasteiger partial charge in [0, 0.05) is 6.42 Å². The van der Waals surface area contributed by atoms with Gasteiger partial charge in [0.05, 0.1) is 39.9 Å². The number of allylic oxidation sites excluding steroid dienone is 16. The molecule has 3 unspecified atom stereocenters. The molecule has 3 atom stereocenters. The molecule has 374 valence electrons. The summed E-state index contributed by atoms with van der Waals surface area (Å²) in [5.74, 6) is -0.173. The van der Waals surface area contributed by atoms with E-state index in [1.165, 1.54) is 70.6 Å². The van der Waals surface area contributed by atoms with E-state index in [1.54, 1.807) is 0 Å². The normalized spacial score (nSPS) is 14.9. The number of phosphoric ester groups is 1. The fourth-order valence-electron chi connectivity index (χ4n) is 7.00. The summed E-state index contributed by atoms with van der Waals surface area (Å²) >= 11 is 0. The highest BCUT2D eigenvalue weighted by Gasteiger charge is 2.28. The third-order valence-electron chi connectivity index (χ3n) is 11.1. The van der Waals surface area contributed by atoms with Gasteiger partial charge in [-0.1, -0.05) is 214 Å². The lowest BCUT2D eigenvalue weighted by atomic mass is 10.0. The summed E-state index contributed by atoms with van der Waals surface area (Å²) in [5.41, 5.74) is 0. The number of nitrogens with one attached hydrogen (secondary N) is 1. The SMILES string of the molecule is CC/C=C\C/C=C\C/C=C\C/C=C\C/C=C\C/C=C\C/C=C\C/C=C\CCCCCCC(=O)NC(COP(=O)(O)OCC[N+](C)(C)C)C(O)CCCCCCCCCCCCCCCC. The highest BCUT2D eigenvalue weighted by atomic mass is 31.2. The van der Waals surface area contributed by atoms with Crippen LogP contribution in [0, 0.1) is 0 Å². The molecule has 3 N–H and O–H groups in total. The Balaban J connectivity index is 4.30. The van der Waals surface area contributed by atoms with Gasteiger partial charge in [0.2, 0.25) is 5.91 Å². The number of aliphatic hydroxyl groups excluding tert-OH is 1. The number of nitrogens with zero attached hydrogens (tertiary/aromatic N) is 1. The van der Waals surface area contributed by atoms with Crippen LogP contribution in [-0.2, 0) is 18.4 Å². The number of amides is 1. The van der Waals surface area contributed by atoms with Crippen LogP contribution in [0.3, 0.4) is 0 Å². The fourth-order valence-corrected chi connectivity index (χ4v) is 7.74. The molecule has 0 fully saturated rings. The predicted molar refractivity (Wildman–Crippen MR) is 281 cm³/mol. The molecular weight excluding hydrogens is 828 g/mol. The molecule has 0 aromatic rings. The van der Waals surface area contributed by atoms with E-state index in [9.17, 15) is 19.4 Å².